The first-order valence-corrected chi connectivity index (χ1v) is 9.57. The maximum Gasteiger partial charge on any atom is 0.232 e. The molecule has 1 aliphatic carbocycles. The van der Waals surface area contributed by atoms with Gasteiger partial charge in [0.15, 0.2) is 0 Å². The highest BCUT2D eigenvalue weighted by atomic mass is 32.2. The van der Waals surface area contributed by atoms with Crippen LogP contribution >= 0.6 is 0 Å². The summed E-state index contributed by atoms with van der Waals surface area (Å²) in [6, 6.07) is 8.36. The lowest BCUT2D eigenvalue weighted by Crippen LogP contribution is -2.20. The van der Waals surface area contributed by atoms with Gasteiger partial charge in [0.25, 0.3) is 0 Å². The van der Waals surface area contributed by atoms with E-state index in [9.17, 15) is 8.42 Å². The number of unbranched alkanes of at least 4 members (excludes halogenated alkanes) is 1. The Balaban J connectivity index is 1.71. The van der Waals surface area contributed by atoms with Crippen molar-refractivity contribution in [2.45, 2.75) is 51.5 Å². The van der Waals surface area contributed by atoms with Crippen LogP contribution in [-0.2, 0) is 16.4 Å². The third-order valence-electron chi connectivity index (χ3n) is 3.62. The van der Waals surface area contributed by atoms with Crippen LogP contribution in [0.2, 0.25) is 0 Å². The molecule has 0 spiro atoms. The molecule has 5 heteroatoms. The zero-order valence-electron chi connectivity index (χ0n) is 12.8. The van der Waals surface area contributed by atoms with Gasteiger partial charge in [0.05, 0.1) is 5.75 Å². The Morgan fingerprint density at radius 2 is 1.86 bits per heavy atom. The van der Waals surface area contributed by atoms with Crippen LogP contribution in [0.5, 0.6) is 0 Å². The standard InChI is InChI=1S/C16H26N2O2S/c1-2-5-14-6-8-16(9-7-14)18-21(19,20)13-4-3-12-17-15-10-11-15/h6-9,15,17-18H,2-5,10-13H2,1H3. The van der Waals surface area contributed by atoms with Gasteiger partial charge in [0.2, 0.25) is 10.0 Å². The van der Waals surface area contributed by atoms with Crippen LogP contribution in [0.25, 0.3) is 0 Å². The first kappa shape index (κ1) is 16.3. The van der Waals surface area contributed by atoms with Gasteiger partial charge in [-0.1, -0.05) is 25.5 Å². The molecule has 0 atom stereocenters. The molecule has 0 heterocycles. The quantitative estimate of drug-likeness (QED) is 0.653. The summed E-state index contributed by atoms with van der Waals surface area (Å²) in [7, 11) is -3.22. The van der Waals surface area contributed by atoms with Crippen LogP contribution < -0.4 is 10.0 Å². The van der Waals surface area contributed by atoms with E-state index in [2.05, 4.69) is 17.0 Å². The van der Waals surface area contributed by atoms with Crippen LogP contribution in [-0.4, -0.2) is 26.8 Å². The monoisotopic (exact) mass is 310 g/mol. The lowest BCUT2D eigenvalue weighted by Gasteiger charge is -2.09. The number of hydrogen-bond acceptors (Lipinski definition) is 3. The van der Waals surface area contributed by atoms with Crippen LogP contribution in [0, 0.1) is 0 Å². The zero-order valence-corrected chi connectivity index (χ0v) is 13.6. The normalized spacial score (nSPS) is 15.1. The summed E-state index contributed by atoms with van der Waals surface area (Å²) in [6.07, 6.45) is 6.28. The third kappa shape index (κ3) is 6.48. The minimum atomic E-state index is -3.22. The lowest BCUT2D eigenvalue weighted by molar-refractivity contribution is 0.591. The molecule has 1 aromatic carbocycles. The van der Waals surface area contributed by atoms with Crippen LogP contribution in [0.1, 0.15) is 44.6 Å². The fourth-order valence-corrected chi connectivity index (χ4v) is 3.45. The third-order valence-corrected chi connectivity index (χ3v) is 4.99. The molecule has 0 radical (unpaired) electrons. The maximum atomic E-state index is 12.0. The Labute approximate surface area is 128 Å². The summed E-state index contributed by atoms with van der Waals surface area (Å²) in [5.41, 5.74) is 1.90. The molecule has 0 aliphatic heterocycles. The van der Waals surface area contributed by atoms with Gasteiger partial charge in [-0.15, -0.1) is 0 Å². The predicted octanol–water partition coefficient (Wildman–Crippen LogP) is 2.91. The summed E-state index contributed by atoms with van der Waals surface area (Å²) in [5, 5.41) is 3.40. The topological polar surface area (TPSA) is 58.2 Å². The van der Waals surface area contributed by atoms with E-state index in [1.54, 1.807) is 0 Å². The largest absolute Gasteiger partial charge is 0.314 e. The van der Waals surface area contributed by atoms with E-state index in [1.165, 1.54) is 18.4 Å². The molecular formula is C16H26N2O2S. The number of aryl methyl sites for hydroxylation is 1. The van der Waals surface area contributed by atoms with Gasteiger partial charge in [-0.05, 0) is 56.3 Å². The van der Waals surface area contributed by atoms with E-state index in [4.69, 9.17) is 0 Å². The Morgan fingerprint density at radius 3 is 2.48 bits per heavy atom. The van der Waals surface area contributed by atoms with Crippen molar-refractivity contribution in [1.29, 1.82) is 0 Å². The molecule has 1 saturated carbocycles. The smallest absolute Gasteiger partial charge is 0.232 e. The van der Waals surface area contributed by atoms with Crippen molar-refractivity contribution in [3.8, 4) is 0 Å². The highest BCUT2D eigenvalue weighted by molar-refractivity contribution is 7.92. The first-order chi connectivity index (χ1) is 10.1. The number of hydrogen-bond donors (Lipinski definition) is 2. The first-order valence-electron chi connectivity index (χ1n) is 7.92. The molecule has 0 aromatic heterocycles. The van der Waals surface area contributed by atoms with Gasteiger partial charge in [-0.3, -0.25) is 4.72 Å². The maximum absolute atomic E-state index is 12.0. The van der Waals surface area contributed by atoms with Gasteiger partial charge in [0.1, 0.15) is 0 Å². The fraction of sp³-hybridized carbons (Fsp3) is 0.625. The van der Waals surface area contributed by atoms with Crippen molar-refractivity contribution in [3.05, 3.63) is 29.8 Å². The van der Waals surface area contributed by atoms with E-state index in [0.29, 0.717) is 18.2 Å². The zero-order chi connectivity index (χ0) is 15.1. The molecule has 21 heavy (non-hydrogen) atoms. The van der Waals surface area contributed by atoms with Gasteiger partial charge in [-0.2, -0.15) is 0 Å². The van der Waals surface area contributed by atoms with Crippen molar-refractivity contribution in [2.24, 2.45) is 0 Å². The minimum Gasteiger partial charge on any atom is -0.314 e. The number of nitrogens with one attached hydrogen (secondary N) is 2. The highest BCUT2D eigenvalue weighted by Crippen LogP contribution is 2.18. The molecule has 2 N–H and O–H groups in total. The van der Waals surface area contributed by atoms with Crippen molar-refractivity contribution in [2.75, 3.05) is 17.0 Å². The fourth-order valence-electron chi connectivity index (χ4n) is 2.27. The minimum absolute atomic E-state index is 0.191. The molecule has 4 nitrogen and oxygen atoms in total. The Hall–Kier alpha value is -1.07. The number of sulfonamides is 1. The van der Waals surface area contributed by atoms with Crippen molar-refractivity contribution >= 4 is 15.7 Å². The van der Waals surface area contributed by atoms with E-state index >= 15 is 0 Å². The second kappa shape index (κ2) is 7.80. The highest BCUT2D eigenvalue weighted by Gasteiger charge is 2.19. The van der Waals surface area contributed by atoms with E-state index in [-0.39, 0.29) is 5.75 Å². The number of rotatable bonds is 10. The lowest BCUT2D eigenvalue weighted by atomic mass is 10.1. The summed E-state index contributed by atoms with van der Waals surface area (Å²) in [6.45, 7) is 3.06. The summed E-state index contributed by atoms with van der Waals surface area (Å²) in [5.74, 6) is 0.191. The molecule has 0 saturated heterocycles. The molecule has 1 fully saturated rings. The molecule has 1 aromatic rings. The molecule has 118 valence electrons. The average Bonchev–Trinajstić information content (AvgIpc) is 3.25. The Bertz CT molecular complexity index is 522. The van der Waals surface area contributed by atoms with Crippen LogP contribution in [0.15, 0.2) is 24.3 Å². The number of anilines is 1. The van der Waals surface area contributed by atoms with Crippen molar-refractivity contribution < 1.29 is 8.42 Å². The number of benzene rings is 1. The van der Waals surface area contributed by atoms with Gasteiger partial charge < -0.3 is 5.32 Å². The molecule has 2 rings (SSSR count). The van der Waals surface area contributed by atoms with E-state index in [0.717, 1.165) is 25.8 Å². The van der Waals surface area contributed by atoms with Gasteiger partial charge >= 0.3 is 0 Å². The van der Waals surface area contributed by atoms with Gasteiger partial charge in [0, 0.05) is 11.7 Å². The summed E-state index contributed by atoms with van der Waals surface area (Å²) < 4.78 is 26.6. The SMILES string of the molecule is CCCc1ccc(NS(=O)(=O)CCCCNC2CC2)cc1. The van der Waals surface area contributed by atoms with E-state index < -0.39 is 10.0 Å². The Morgan fingerprint density at radius 1 is 1.14 bits per heavy atom. The summed E-state index contributed by atoms with van der Waals surface area (Å²) in [4.78, 5) is 0. The van der Waals surface area contributed by atoms with Crippen LogP contribution in [0.3, 0.4) is 0 Å². The molecular weight excluding hydrogens is 284 g/mol. The summed E-state index contributed by atoms with van der Waals surface area (Å²) >= 11 is 0. The van der Waals surface area contributed by atoms with Crippen molar-refractivity contribution in [1.82, 2.24) is 5.32 Å². The Kier molecular flexibility index (Phi) is 6.06. The van der Waals surface area contributed by atoms with Crippen LogP contribution in [0.4, 0.5) is 5.69 Å². The molecule has 1 aliphatic rings. The second-order valence-electron chi connectivity index (χ2n) is 5.80. The van der Waals surface area contributed by atoms with E-state index in [1.807, 2.05) is 24.3 Å². The molecule has 0 amide bonds. The van der Waals surface area contributed by atoms with Crippen molar-refractivity contribution in [3.63, 3.8) is 0 Å². The van der Waals surface area contributed by atoms with Gasteiger partial charge in [-0.25, -0.2) is 8.42 Å². The molecule has 0 bridgehead atoms. The second-order valence-corrected chi connectivity index (χ2v) is 7.65. The molecule has 0 unspecified atom stereocenters. The average molecular weight is 310 g/mol. The predicted molar refractivity (Wildman–Crippen MR) is 88.1 cm³/mol.